The van der Waals surface area contributed by atoms with Crippen LogP contribution in [0.1, 0.15) is 43.0 Å². The molecule has 0 saturated carbocycles. The lowest BCUT2D eigenvalue weighted by Gasteiger charge is -2.10. The van der Waals surface area contributed by atoms with E-state index < -0.39 is 24.5 Å². The summed E-state index contributed by atoms with van der Waals surface area (Å²) in [4.78, 5) is 54.0. The number of carbonyl (C=O) groups excluding carboxylic acids is 3. The molecule has 3 rings (SSSR count). The molecule has 0 saturated heterocycles. The molecule has 156 valence electrons. The van der Waals surface area contributed by atoms with E-state index in [2.05, 4.69) is 15.6 Å². The first-order valence-corrected chi connectivity index (χ1v) is 10.5. The predicted molar refractivity (Wildman–Crippen MR) is 108 cm³/mol. The van der Waals surface area contributed by atoms with Crippen LogP contribution in [0, 0.1) is 0 Å². The Kier molecular flexibility index (Phi) is 6.97. The van der Waals surface area contributed by atoms with Crippen molar-refractivity contribution in [2.75, 3.05) is 13.2 Å². The van der Waals surface area contributed by atoms with Crippen molar-refractivity contribution in [2.45, 2.75) is 52.0 Å². The fraction of sp³-hybridized carbons (Fsp3) is 0.526. The van der Waals surface area contributed by atoms with Gasteiger partial charge in [0.25, 0.3) is 11.5 Å². The van der Waals surface area contributed by atoms with Gasteiger partial charge in [-0.3, -0.25) is 24.3 Å². The lowest BCUT2D eigenvalue weighted by molar-refractivity contribution is -0.148. The molecule has 0 aliphatic heterocycles. The molecule has 1 aliphatic carbocycles. The maximum absolute atomic E-state index is 12.8. The van der Waals surface area contributed by atoms with Crippen LogP contribution in [0.4, 0.5) is 4.79 Å². The number of carbonyl (C=O) groups is 3. The topological polar surface area (TPSA) is 119 Å². The molecule has 9 nitrogen and oxygen atoms in total. The number of fused-ring (bicyclic) bond motifs is 3. The van der Waals surface area contributed by atoms with Crippen molar-refractivity contribution in [2.24, 2.45) is 0 Å². The van der Waals surface area contributed by atoms with E-state index in [0.29, 0.717) is 11.9 Å². The number of amides is 3. The van der Waals surface area contributed by atoms with Gasteiger partial charge in [0, 0.05) is 18.0 Å². The van der Waals surface area contributed by atoms with Gasteiger partial charge < -0.3 is 10.1 Å². The van der Waals surface area contributed by atoms with Gasteiger partial charge in [-0.25, -0.2) is 9.78 Å². The molecule has 0 radical (unpaired) electrons. The Hall–Kier alpha value is -2.75. The van der Waals surface area contributed by atoms with E-state index in [1.165, 1.54) is 15.8 Å². The maximum atomic E-state index is 12.8. The van der Waals surface area contributed by atoms with Crippen LogP contribution in [-0.2, 0) is 33.7 Å². The summed E-state index contributed by atoms with van der Waals surface area (Å²) in [7, 11) is 0. The summed E-state index contributed by atoms with van der Waals surface area (Å²) in [6.07, 6.45) is 6.19. The van der Waals surface area contributed by atoms with Gasteiger partial charge in [0.05, 0.1) is 18.1 Å². The normalized spacial score (nSPS) is 13.0. The fourth-order valence-electron chi connectivity index (χ4n) is 3.22. The number of nitrogens with one attached hydrogen (secondary N) is 2. The van der Waals surface area contributed by atoms with Crippen molar-refractivity contribution in [3.05, 3.63) is 27.1 Å². The summed E-state index contributed by atoms with van der Waals surface area (Å²) in [6.45, 7) is 1.89. The average molecular weight is 420 g/mol. The number of nitrogens with zero attached hydrogens (tertiary/aromatic N) is 2. The molecule has 0 fully saturated rings. The standard InChI is InChI=1S/C19H24N4O5S/c1-2-8-20-19(27)22-14(24)10-28-15(25)7-9-23-11-21-17-16(18(23)26)12-5-3-4-6-13(12)29-17/h11H,2-10H2,1H3,(H2,20,22,24,27). The Morgan fingerprint density at radius 2 is 2.07 bits per heavy atom. The molecule has 10 heteroatoms. The molecule has 0 spiro atoms. The smallest absolute Gasteiger partial charge is 0.321 e. The van der Waals surface area contributed by atoms with E-state index in [1.807, 2.05) is 6.92 Å². The number of esters is 1. The van der Waals surface area contributed by atoms with Crippen LogP contribution in [0.5, 0.6) is 0 Å². The quantitative estimate of drug-likeness (QED) is 0.655. The van der Waals surface area contributed by atoms with Gasteiger partial charge in [-0.1, -0.05) is 6.92 Å². The molecule has 2 heterocycles. The van der Waals surface area contributed by atoms with E-state index in [-0.39, 0.29) is 18.5 Å². The molecule has 1 aliphatic rings. The van der Waals surface area contributed by atoms with E-state index in [0.717, 1.165) is 42.5 Å². The average Bonchev–Trinajstić information content (AvgIpc) is 3.09. The van der Waals surface area contributed by atoms with Crippen LogP contribution < -0.4 is 16.2 Å². The van der Waals surface area contributed by atoms with E-state index >= 15 is 0 Å². The Balaban J connectivity index is 1.53. The number of hydrogen-bond donors (Lipinski definition) is 2. The molecule has 29 heavy (non-hydrogen) atoms. The summed E-state index contributed by atoms with van der Waals surface area (Å²) in [5.74, 6) is -1.34. The molecule has 2 aromatic heterocycles. The number of rotatable bonds is 7. The minimum atomic E-state index is -0.711. The fourth-order valence-corrected chi connectivity index (χ4v) is 4.44. The summed E-state index contributed by atoms with van der Waals surface area (Å²) in [6, 6.07) is -0.627. The van der Waals surface area contributed by atoms with Gasteiger partial charge in [-0.2, -0.15) is 0 Å². The summed E-state index contributed by atoms with van der Waals surface area (Å²) in [5, 5.41) is 5.22. The Bertz CT molecular complexity index is 981. The molecular weight excluding hydrogens is 396 g/mol. The lowest BCUT2D eigenvalue weighted by atomic mass is 9.97. The molecule has 0 aromatic carbocycles. The van der Waals surface area contributed by atoms with Crippen molar-refractivity contribution in [1.82, 2.24) is 20.2 Å². The van der Waals surface area contributed by atoms with Crippen LogP contribution in [0.25, 0.3) is 10.2 Å². The van der Waals surface area contributed by atoms with Crippen LogP contribution >= 0.6 is 11.3 Å². The molecule has 2 aromatic rings. The number of imide groups is 1. The SMILES string of the molecule is CCCNC(=O)NC(=O)COC(=O)CCn1cnc2sc3c(c2c1=O)CCCC3. The van der Waals surface area contributed by atoms with Crippen LogP contribution in [0.2, 0.25) is 0 Å². The van der Waals surface area contributed by atoms with E-state index in [1.54, 1.807) is 11.3 Å². The second-order valence-corrected chi connectivity index (χ2v) is 7.93. The third-order valence-electron chi connectivity index (χ3n) is 4.65. The third kappa shape index (κ3) is 5.20. The molecular formula is C19H24N4O5S. The van der Waals surface area contributed by atoms with Gasteiger partial charge in [-0.15, -0.1) is 11.3 Å². The lowest BCUT2D eigenvalue weighted by Crippen LogP contribution is -2.41. The number of aryl methyl sites for hydroxylation is 3. The number of urea groups is 1. The molecule has 2 N–H and O–H groups in total. The number of thiophene rings is 1. The number of aromatic nitrogens is 2. The van der Waals surface area contributed by atoms with Gasteiger partial charge in [0.15, 0.2) is 6.61 Å². The minimum absolute atomic E-state index is 0.0747. The van der Waals surface area contributed by atoms with Gasteiger partial charge >= 0.3 is 12.0 Å². The first-order valence-electron chi connectivity index (χ1n) is 9.72. The van der Waals surface area contributed by atoms with Crippen molar-refractivity contribution in [3.8, 4) is 0 Å². The van der Waals surface area contributed by atoms with Crippen molar-refractivity contribution >= 4 is 39.5 Å². The highest BCUT2D eigenvalue weighted by atomic mass is 32.1. The zero-order valence-electron chi connectivity index (χ0n) is 16.3. The highest BCUT2D eigenvalue weighted by Gasteiger charge is 2.20. The zero-order chi connectivity index (χ0) is 20.8. The number of hydrogen-bond acceptors (Lipinski definition) is 7. The first-order chi connectivity index (χ1) is 14.0. The van der Waals surface area contributed by atoms with Gasteiger partial charge in [-0.05, 0) is 37.7 Å². The highest BCUT2D eigenvalue weighted by molar-refractivity contribution is 7.18. The third-order valence-corrected chi connectivity index (χ3v) is 5.85. The number of ether oxygens (including phenoxy) is 1. The summed E-state index contributed by atoms with van der Waals surface area (Å²) < 4.78 is 6.28. The highest BCUT2D eigenvalue weighted by Crippen LogP contribution is 2.33. The largest absolute Gasteiger partial charge is 0.456 e. The second kappa shape index (κ2) is 9.64. The van der Waals surface area contributed by atoms with Crippen LogP contribution in [0.15, 0.2) is 11.1 Å². The Morgan fingerprint density at radius 1 is 1.28 bits per heavy atom. The zero-order valence-corrected chi connectivity index (χ0v) is 17.1. The van der Waals surface area contributed by atoms with Gasteiger partial charge in [0.1, 0.15) is 4.83 Å². The maximum Gasteiger partial charge on any atom is 0.321 e. The second-order valence-electron chi connectivity index (χ2n) is 6.85. The van der Waals surface area contributed by atoms with Crippen LogP contribution in [-0.4, -0.2) is 40.6 Å². The van der Waals surface area contributed by atoms with Gasteiger partial charge in [0.2, 0.25) is 0 Å². The minimum Gasteiger partial charge on any atom is -0.456 e. The van der Waals surface area contributed by atoms with Crippen molar-refractivity contribution < 1.29 is 19.1 Å². The molecule has 3 amide bonds. The first kappa shape index (κ1) is 21.0. The Labute approximate surface area is 171 Å². The summed E-state index contributed by atoms with van der Waals surface area (Å²) in [5.41, 5.74) is 0.955. The van der Waals surface area contributed by atoms with E-state index in [4.69, 9.17) is 4.74 Å². The molecule has 0 atom stereocenters. The van der Waals surface area contributed by atoms with Crippen molar-refractivity contribution in [1.29, 1.82) is 0 Å². The summed E-state index contributed by atoms with van der Waals surface area (Å²) >= 11 is 1.57. The monoisotopic (exact) mass is 420 g/mol. The van der Waals surface area contributed by atoms with Crippen LogP contribution in [0.3, 0.4) is 0 Å². The van der Waals surface area contributed by atoms with E-state index in [9.17, 15) is 19.2 Å². The van der Waals surface area contributed by atoms with Crippen molar-refractivity contribution in [3.63, 3.8) is 0 Å². The molecule has 0 bridgehead atoms. The molecule has 0 unspecified atom stereocenters. The Morgan fingerprint density at radius 3 is 2.86 bits per heavy atom. The predicted octanol–water partition coefficient (Wildman–Crippen LogP) is 1.51.